The lowest BCUT2D eigenvalue weighted by atomic mass is 10.4. The van der Waals surface area contributed by atoms with Gasteiger partial charge < -0.3 is 16.2 Å². The van der Waals surface area contributed by atoms with Crippen LogP contribution in [-0.2, 0) is 9.53 Å². The number of thiol groups is 1. The van der Waals surface area contributed by atoms with E-state index in [1.54, 1.807) is 12.3 Å². The Kier molecular flexibility index (Phi) is 12.6. The molecule has 0 saturated heterocycles. The standard InChI is InChI=1S/C8H14N2O2S.CH4S/c1-3-13-7(10)5-4-6(9)8(11)12-2;1-2/h4-5H,3,9-10H2,1-2H3;2H,1H3/b6-4-,7-5+;. The molecule has 0 aliphatic rings. The summed E-state index contributed by atoms with van der Waals surface area (Å²) in [5, 5.41) is 0.620. The molecular weight excluding hydrogens is 232 g/mol. The van der Waals surface area contributed by atoms with Crippen LogP contribution in [0.25, 0.3) is 0 Å². The van der Waals surface area contributed by atoms with Crippen molar-refractivity contribution < 1.29 is 9.53 Å². The van der Waals surface area contributed by atoms with Gasteiger partial charge in [0.2, 0.25) is 0 Å². The summed E-state index contributed by atoms with van der Waals surface area (Å²) in [5.41, 5.74) is 10.9. The van der Waals surface area contributed by atoms with Crippen molar-refractivity contribution in [1.82, 2.24) is 0 Å². The van der Waals surface area contributed by atoms with Crippen LogP contribution in [0.4, 0.5) is 0 Å². The number of carbonyl (C=O) groups excluding carboxylic acids is 1. The van der Waals surface area contributed by atoms with Crippen LogP contribution in [-0.4, -0.2) is 25.1 Å². The van der Waals surface area contributed by atoms with Crippen LogP contribution in [0.1, 0.15) is 6.92 Å². The smallest absolute Gasteiger partial charge is 0.353 e. The molecule has 0 bridgehead atoms. The Balaban J connectivity index is 0. The van der Waals surface area contributed by atoms with Crippen LogP contribution in [0.3, 0.4) is 0 Å². The number of ether oxygens (including phenoxy) is 1. The maximum absolute atomic E-state index is 10.8. The Morgan fingerprint density at radius 3 is 2.33 bits per heavy atom. The van der Waals surface area contributed by atoms with Crippen molar-refractivity contribution in [2.75, 3.05) is 19.1 Å². The third kappa shape index (κ3) is 9.55. The molecule has 0 aromatic rings. The molecule has 0 rings (SSSR count). The number of allylic oxidation sites excluding steroid dienone is 2. The largest absolute Gasteiger partial charge is 0.464 e. The number of esters is 1. The first-order chi connectivity index (χ1) is 7.11. The average molecular weight is 250 g/mol. The first-order valence-corrected chi connectivity index (χ1v) is 6.08. The van der Waals surface area contributed by atoms with E-state index < -0.39 is 5.97 Å². The molecule has 0 saturated carbocycles. The Morgan fingerprint density at radius 2 is 1.93 bits per heavy atom. The maximum Gasteiger partial charge on any atom is 0.353 e. The van der Waals surface area contributed by atoms with Crippen molar-refractivity contribution >= 4 is 30.4 Å². The molecule has 4 nitrogen and oxygen atoms in total. The SMILES string of the molecule is CCS/C(N)=C/C=C(\N)C(=O)OC.CS. The number of nitrogens with two attached hydrogens (primary N) is 2. The van der Waals surface area contributed by atoms with E-state index in [1.165, 1.54) is 24.9 Å². The van der Waals surface area contributed by atoms with Crippen molar-refractivity contribution in [3.8, 4) is 0 Å². The van der Waals surface area contributed by atoms with Gasteiger partial charge in [-0.05, 0) is 24.2 Å². The highest BCUT2D eigenvalue weighted by Crippen LogP contribution is 2.08. The van der Waals surface area contributed by atoms with Gasteiger partial charge in [-0.25, -0.2) is 4.79 Å². The van der Waals surface area contributed by atoms with E-state index in [4.69, 9.17) is 11.5 Å². The van der Waals surface area contributed by atoms with Crippen molar-refractivity contribution in [1.29, 1.82) is 0 Å². The van der Waals surface area contributed by atoms with E-state index in [1.807, 2.05) is 6.92 Å². The highest BCUT2D eigenvalue weighted by molar-refractivity contribution is 8.02. The van der Waals surface area contributed by atoms with Gasteiger partial charge in [0.1, 0.15) is 5.70 Å². The second-order valence-electron chi connectivity index (χ2n) is 2.12. The molecule has 0 spiro atoms. The zero-order valence-electron chi connectivity index (χ0n) is 9.19. The van der Waals surface area contributed by atoms with Gasteiger partial charge in [-0.15, -0.1) is 11.8 Å². The second kappa shape index (κ2) is 11.3. The van der Waals surface area contributed by atoms with Gasteiger partial charge in [-0.3, -0.25) is 0 Å². The highest BCUT2D eigenvalue weighted by atomic mass is 32.2. The zero-order chi connectivity index (χ0) is 12.3. The molecule has 0 unspecified atom stereocenters. The lowest BCUT2D eigenvalue weighted by molar-refractivity contribution is -0.136. The molecule has 0 aromatic carbocycles. The highest BCUT2D eigenvalue weighted by Gasteiger charge is 2.01. The van der Waals surface area contributed by atoms with Crippen LogP contribution >= 0.6 is 24.4 Å². The van der Waals surface area contributed by atoms with E-state index in [0.29, 0.717) is 5.03 Å². The quantitative estimate of drug-likeness (QED) is 0.301. The van der Waals surface area contributed by atoms with Crippen molar-refractivity contribution in [3.63, 3.8) is 0 Å². The van der Waals surface area contributed by atoms with Gasteiger partial charge in [-0.2, -0.15) is 12.6 Å². The average Bonchev–Trinajstić information content (AvgIpc) is 2.28. The third-order valence-corrected chi connectivity index (χ3v) is 1.92. The number of hydrogen-bond acceptors (Lipinski definition) is 6. The molecule has 0 radical (unpaired) electrons. The molecule has 0 heterocycles. The van der Waals surface area contributed by atoms with Gasteiger partial charge in [0, 0.05) is 0 Å². The van der Waals surface area contributed by atoms with E-state index in [2.05, 4.69) is 17.4 Å². The van der Waals surface area contributed by atoms with Crippen molar-refractivity contribution in [2.45, 2.75) is 6.92 Å². The molecule has 0 aromatic heterocycles. The monoisotopic (exact) mass is 250 g/mol. The normalized spacial score (nSPS) is 11.5. The van der Waals surface area contributed by atoms with Gasteiger partial charge in [0.25, 0.3) is 0 Å². The number of rotatable bonds is 4. The Hall–Kier alpha value is -0.750. The van der Waals surface area contributed by atoms with Crippen LogP contribution in [0, 0.1) is 0 Å². The topological polar surface area (TPSA) is 78.3 Å². The van der Waals surface area contributed by atoms with Crippen molar-refractivity contribution in [3.05, 3.63) is 22.9 Å². The van der Waals surface area contributed by atoms with Gasteiger partial charge >= 0.3 is 5.97 Å². The van der Waals surface area contributed by atoms with E-state index in [9.17, 15) is 4.79 Å². The predicted molar refractivity (Wildman–Crippen MR) is 69.6 cm³/mol. The molecule has 0 atom stereocenters. The molecule has 88 valence electrons. The number of hydrogen-bond donors (Lipinski definition) is 3. The summed E-state index contributed by atoms with van der Waals surface area (Å²) in [6.45, 7) is 1.98. The van der Waals surface area contributed by atoms with Gasteiger partial charge in [-0.1, -0.05) is 6.92 Å². The van der Waals surface area contributed by atoms with Crippen LogP contribution in [0.15, 0.2) is 22.9 Å². The lowest BCUT2D eigenvalue weighted by Gasteiger charge is -1.97. The lowest BCUT2D eigenvalue weighted by Crippen LogP contribution is -2.12. The first-order valence-electron chi connectivity index (χ1n) is 4.20. The van der Waals surface area contributed by atoms with Gasteiger partial charge in [0.15, 0.2) is 0 Å². The van der Waals surface area contributed by atoms with Crippen LogP contribution < -0.4 is 11.5 Å². The minimum atomic E-state index is -0.550. The minimum absolute atomic E-state index is 0.0437. The Morgan fingerprint density at radius 1 is 1.40 bits per heavy atom. The summed E-state index contributed by atoms with van der Waals surface area (Å²) >= 11 is 5.01. The number of methoxy groups -OCH3 is 1. The summed E-state index contributed by atoms with van der Waals surface area (Å²) < 4.78 is 4.40. The summed E-state index contributed by atoms with van der Waals surface area (Å²) in [6, 6.07) is 0. The first kappa shape index (κ1) is 16.7. The summed E-state index contributed by atoms with van der Waals surface area (Å²) in [4.78, 5) is 10.8. The molecular formula is C9H18N2O2S2. The predicted octanol–water partition coefficient (Wildman–Crippen LogP) is 1.10. The van der Waals surface area contributed by atoms with E-state index in [-0.39, 0.29) is 5.70 Å². The fourth-order valence-electron chi connectivity index (χ4n) is 0.573. The minimum Gasteiger partial charge on any atom is -0.464 e. The molecule has 15 heavy (non-hydrogen) atoms. The fraction of sp³-hybridized carbons (Fsp3) is 0.444. The molecule has 4 N–H and O–H groups in total. The van der Waals surface area contributed by atoms with Crippen LogP contribution in [0.2, 0.25) is 0 Å². The maximum atomic E-state index is 10.8. The molecule has 0 aliphatic carbocycles. The summed E-state index contributed by atoms with van der Waals surface area (Å²) in [7, 11) is 1.27. The number of thioether (sulfide) groups is 1. The number of carbonyl (C=O) groups is 1. The Bertz CT molecular complexity index is 240. The molecule has 6 heteroatoms. The zero-order valence-corrected chi connectivity index (χ0v) is 10.9. The summed E-state index contributed by atoms with van der Waals surface area (Å²) in [5.74, 6) is 0.333. The fourth-order valence-corrected chi connectivity index (χ4v) is 1.07. The van der Waals surface area contributed by atoms with Gasteiger partial charge in [0.05, 0.1) is 12.1 Å². The molecule has 0 fully saturated rings. The molecule has 0 amide bonds. The van der Waals surface area contributed by atoms with E-state index >= 15 is 0 Å². The second-order valence-corrected chi connectivity index (χ2v) is 3.45. The third-order valence-electron chi connectivity index (χ3n) is 1.16. The Labute approximate surface area is 101 Å². The van der Waals surface area contributed by atoms with Crippen molar-refractivity contribution in [2.24, 2.45) is 11.5 Å². The van der Waals surface area contributed by atoms with Crippen LogP contribution in [0.5, 0.6) is 0 Å². The van der Waals surface area contributed by atoms with E-state index in [0.717, 1.165) is 5.75 Å². The summed E-state index contributed by atoms with van der Waals surface area (Å²) in [6.07, 6.45) is 4.71. The molecule has 0 aliphatic heterocycles.